The summed E-state index contributed by atoms with van der Waals surface area (Å²) in [6, 6.07) is 2.15. The maximum absolute atomic E-state index is 11.6. The predicted octanol–water partition coefficient (Wildman–Crippen LogP) is -0.351. The number of anilines is 1. The number of benzene rings is 1. The second-order valence-corrected chi connectivity index (χ2v) is 7.00. The Hall–Kier alpha value is -0.870. The zero-order chi connectivity index (χ0) is 12.8. The van der Waals surface area contributed by atoms with Crippen molar-refractivity contribution < 1.29 is 16.8 Å². The molecule has 94 valence electrons. The average molecular weight is 304 g/mol. The molecular weight excluding hydrogens is 296 g/mol. The summed E-state index contributed by atoms with van der Waals surface area (Å²) in [6.07, 6.45) is 0. The molecule has 17 heavy (non-hydrogen) atoms. The van der Waals surface area contributed by atoms with Crippen LogP contribution in [0.15, 0.2) is 21.9 Å². The summed E-state index contributed by atoms with van der Waals surface area (Å²) < 4.78 is 47.9. The van der Waals surface area contributed by atoms with Crippen molar-refractivity contribution in [2.45, 2.75) is 9.79 Å². The molecule has 1 heterocycles. The average Bonchev–Trinajstić information content (AvgIpc) is 2.13. The van der Waals surface area contributed by atoms with Crippen molar-refractivity contribution in [1.82, 2.24) is 4.72 Å². The molecule has 0 saturated carbocycles. The number of primary sulfonamides is 1. The van der Waals surface area contributed by atoms with Crippen LogP contribution < -0.4 is 15.2 Å². The fraction of sp³-hybridized carbons (Fsp3) is 0.143. The van der Waals surface area contributed by atoms with Crippen LogP contribution in [0.1, 0.15) is 0 Å². The highest BCUT2D eigenvalue weighted by Gasteiger charge is 2.26. The van der Waals surface area contributed by atoms with Crippen molar-refractivity contribution >= 4 is 37.3 Å². The quantitative estimate of drug-likeness (QED) is 0.655. The lowest BCUT2D eigenvalue weighted by molar-refractivity contribution is 0.581. The van der Waals surface area contributed by atoms with E-state index in [2.05, 4.69) is 10.0 Å². The summed E-state index contributed by atoms with van der Waals surface area (Å²) in [5.74, 6) is 0. The van der Waals surface area contributed by atoms with Crippen LogP contribution in [0.4, 0.5) is 5.69 Å². The van der Waals surface area contributed by atoms with Gasteiger partial charge in [0.15, 0.2) is 0 Å². The Morgan fingerprint density at radius 2 is 2.00 bits per heavy atom. The van der Waals surface area contributed by atoms with Gasteiger partial charge in [-0.2, -0.15) is 4.72 Å². The Balaban J connectivity index is 2.79. The molecule has 1 aliphatic rings. The number of rotatable bonds is 1. The monoisotopic (exact) mass is 303 g/mol. The molecule has 4 N–H and O–H groups in total. The summed E-state index contributed by atoms with van der Waals surface area (Å²) >= 11 is 5.72. The molecule has 1 aromatic carbocycles. The first-order chi connectivity index (χ1) is 7.72. The van der Waals surface area contributed by atoms with Gasteiger partial charge >= 0.3 is 0 Å². The zero-order valence-corrected chi connectivity index (χ0v) is 10.7. The van der Waals surface area contributed by atoms with E-state index < -0.39 is 24.9 Å². The topological polar surface area (TPSA) is 118 Å². The van der Waals surface area contributed by atoms with Gasteiger partial charge in [-0.3, -0.25) is 0 Å². The van der Waals surface area contributed by atoms with E-state index in [0.29, 0.717) is 0 Å². The van der Waals surface area contributed by atoms with Crippen molar-refractivity contribution in [3.05, 3.63) is 17.2 Å². The van der Waals surface area contributed by atoms with Crippen molar-refractivity contribution in [3.63, 3.8) is 0 Å². The lowest BCUT2D eigenvalue weighted by Crippen LogP contribution is -2.34. The summed E-state index contributed by atoms with van der Waals surface area (Å²) in [5.41, 5.74) is 0.237. The number of hydrogen-bond donors (Lipinski definition) is 3. The van der Waals surface area contributed by atoms with Crippen LogP contribution in [0.2, 0.25) is 5.02 Å². The molecule has 2 rings (SSSR count). The fourth-order valence-electron chi connectivity index (χ4n) is 1.42. The SMILES string of the molecule is NS(=O)(=O)[13c]1[13cH][13c]2[13c]([13cH][13c]1Cl)NCNS2(=O)=O. The molecule has 0 spiro atoms. The first kappa shape index (κ1) is 12.6. The van der Waals surface area contributed by atoms with Gasteiger partial charge in [-0.15, -0.1) is 0 Å². The molecule has 0 bridgehead atoms. The third-order valence-corrected chi connectivity index (χ3v) is 4.99. The summed E-state index contributed by atoms with van der Waals surface area (Å²) in [6.45, 7) is 0.0143. The molecule has 7 nitrogen and oxygen atoms in total. The van der Waals surface area contributed by atoms with Gasteiger partial charge in [-0.05, 0) is 12.1 Å². The van der Waals surface area contributed by atoms with Gasteiger partial charge < -0.3 is 5.32 Å². The highest BCUT2D eigenvalue weighted by Crippen LogP contribution is 2.32. The third kappa shape index (κ3) is 2.24. The first-order valence-electron chi connectivity index (χ1n) is 4.32. The number of sulfonamides is 2. The van der Waals surface area contributed by atoms with Crippen LogP contribution in [0.25, 0.3) is 0 Å². The van der Waals surface area contributed by atoms with E-state index in [1.165, 1.54) is 6.07 Å². The molecular formula is C7H8ClN3O4S2. The van der Waals surface area contributed by atoms with Gasteiger partial charge in [0.2, 0.25) is 20.0 Å². The van der Waals surface area contributed by atoms with Crippen molar-refractivity contribution in [1.29, 1.82) is 0 Å². The van der Waals surface area contributed by atoms with Crippen molar-refractivity contribution in [3.8, 4) is 0 Å². The number of nitrogens with one attached hydrogen (secondary N) is 2. The molecule has 0 atom stereocenters. The third-order valence-electron chi connectivity index (χ3n) is 2.17. The minimum absolute atomic E-state index is 0.0143. The standard InChI is InChI=1S/C7H8ClN3O4S2/c8-4-1-5-7(2-6(4)16(9,12)13)17(14,15)11-3-10-5/h1-2,10-11H,3H2,(H2,9,12,13)/i1+1,2+1,4+1,5+1,6+1,7+1. The maximum atomic E-state index is 11.6. The predicted molar refractivity (Wildman–Crippen MR) is 61.6 cm³/mol. The van der Waals surface area contributed by atoms with Crippen LogP contribution >= 0.6 is 11.6 Å². The first-order valence-corrected chi connectivity index (χ1v) is 7.72. The van der Waals surface area contributed by atoms with E-state index >= 15 is 0 Å². The van der Waals surface area contributed by atoms with E-state index in [-0.39, 0.29) is 22.3 Å². The Morgan fingerprint density at radius 3 is 2.59 bits per heavy atom. The Labute approximate surface area is 103 Å². The van der Waals surface area contributed by atoms with Crippen molar-refractivity contribution in [2.24, 2.45) is 5.14 Å². The van der Waals surface area contributed by atoms with Gasteiger partial charge in [0.25, 0.3) is 0 Å². The van der Waals surface area contributed by atoms with Crippen LogP contribution in [0.5, 0.6) is 0 Å². The molecule has 0 radical (unpaired) electrons. The Morgan fingerprint density at radius 1 is 1.35 bits per heavy atom. The van der Waals surface area contributed by atoms with Gasteiger partial charge in [0.1, 0.15) is 9.79 Å². The molecule has 10 heteroatoms. The summed E-state index contributed by atoms with van der Waals surface area (Å²) in [7, 11) is -7.80. The molecule has 0 aliphatic carbocycles. The molecule has 0 unspecified atom stereocenters. The van der Waals surface area contributed by atoms with Crippen LogP contribution in [0.3, 0.4) is 0 Å². The number of nitrogens with two attached hydrogens (primary N) is 1. The largest absolute Gasteiger partial charge is 0.370 e. The molecule has 0 amide bonds. The lowest BCUT2D eigenvalue weighted by atomic mass is 11.1. The number of hydrogen-bond acceptors (Lipinski definition) is 5. The fourth-order valence-corrected chi connectivity index (χ4v) is 3.70. The summed E-state index contributed by atoms with van der Waals surface area (Å²) in [5, 5.41) is 7.53. The van der Waals surface area contributed by atoms with Gasteiger partial charge in [0.05, 0.1) is 17.4 Å². The summed E-state index contributed by atoms with van der Waals surface area (Å²) in [4.78, 5) is -0.621. The van der Waals surface area contributed by atoms with Crippen LogP contribution in [-0.4, -0.2) is 23.5 Å². The Kier molecular flexibility index (Phi) is 2.83. The highest BCUT2D eigenvalue weighted by molar-refractivity contribution is 7.90. The normalized spacial score (nSPS) is 18.2. The molecule has 0 saturated heterocycles. The van der Waals surface area contributed by atoms with Crippen LogP contribution in [-0.2, 0) is 20.0 Å². The minimum atomic E-state index is -4.07. The number of fused-ring (bicyclic) bond motifs is 1. The number of halogens is 1. The van der Waals surface area contributed by atoms with Gasteiger partial charge in [-0.25, -0.2) is 22.0 Å². The minimum Gasteiger partial charge on any atom is -0.370 e. The molecule has 0 fully saturated rings. The van der Waals surface area contributed by atoms with E-state index in [1.807, 2.05) is 0 Å². The van der Waals surface area contributed by atoms with Gasteiger partial charge in [-0.1, -0.05) is 11.6 Å². The lowest BCUT2D eigenvalue weighted by Gasteiger charge is -2.20. The zero-order valence-electron chi connectivity index (χ0n) is 8.27. The van der Waals surface area contributed by atoms with Crippen LogP contribution in [0, 0.1) is 0 Å². The smallest absolute Gasteiger partial charge is 0.244 e. The van der Waals surface area contributed by atoms with E-state index in [9.17, 15) is 16.8 Å². The van der Waals surface area contributed by atoms with E-state index in [1.54, 1.807) is 0 Å². The second kappa shape index (κ2) is 3.82. The molecule has 1 aliphatic heterocycles. The highest BCUT2D eigenvalue weighted by atomic mass is 35.5. The van der Waals surface area contributed by atoms with Gasteiger partial charge in [0, 0.05) is 0 Å². The second-order valence-electron chi connectivity index (χ2n) is 3.33. The Bertz CT molecular complexity index is 683. The molecule has 0 aromatic heterocycles. The van der Waals surface area contributed by atoms with E-state index in [4.69, 9.17) is 16.7 Å². The maximum Gasteiger partial charge on any atom is 0.244 e. The molecule has 1 aromatic rings. The van der Waals surface area contributed by atoms with E-state index in [0.717, 1.165) is 6.07 Å². The van der Waals surface area contributed by atoms with Crippen molar-refractivity contribution in [2.75, 3.05) is 12.0 Å².